The maximum atomic E-state index is 13.1. The predicted molar refractivity (Wildman–Crippen MR) is 138 cm³/mol. The maximum Gasteiger partial charge on any atom is 0.187 e. The van der Waals surface area contributed by atoms with Crippen LogP contribution in [0, 0.1) is 0 Å². The van der Waals surface area contributed by atoms with Gasteiger partial charge in [0.25, 0.3) is 0 Å². The van der Waals surface area contributed by atoms with Gasteiger partial charge < -0.3 is 14.9 Å². The Bertz CT molecular complexity index is 1030. The van der Waals surface area contributed by atoms with Gasteiger partial charge >= 0.3 is 0 Å². The molecule has 5 nitrogen and oxygen atoms in total. The molecule has 166 valence electrons. The van der Waals surface area contributed by atoms with Gasteiger partial charge in [-0.1, -0.05) is 85.1 Å². The molecule has 1 N–H and O–H groups in total. The van der Waals surface area contributed by atoms with Gasteiger partial charge in [0.2, 0.25) is 0 Å². The fourth-order valence-corrected chi connectivity index (χ4v) is 3.47. The summed E-state index contributed by atoms with van der Waals surface area (Å²) in [6.07, 6.45) is 3.53. The second-order valence-electron chi connectivity index (χ2n) is 7.85. The third-order valence-corrected chi connectivity index (χ3v) is 6.17. The van der Waals surface area contributed by atoms with Gasteiger partial charge in [-0.25, -0.2) is 0 Å². The first-order valence-electron chi connectivity index (χ1n) is 10.5. The summed E-state index contributed by atoms with van der Waals surface area (Å²) in [6.45, 7) is 0.148. The molecule has 1 aliphatic rings. The normalized spacial score (nSPS) is 14.1. The van der Waals surface area contributed by atoms with Crippen LogP contribution in [0.4, 0.5) is 0 Å². The van der Waals surface area contributed by atoms with E-state index in [1.807, 2.05) is 60.7 Å². The van der Waals surface area contributed by atoms with Crippen molar-refractivity contribution >= 4 is 46.4 Å². The molecule has 0 aliphatic heterocycles. The number of thiocarbonyl (C=S) groups is 2. The standard InChI is InChI=1S/C25H27N3O2S2/c1-27(24(31)18-9-5-3-6-10-18)16-22(29)21(15-26-20-13-14-20)23(30)17-28(2)25(32)19-11-7-4-8-12-19/h3-12,15,20,29H,13-14,16-17H2,1-2H3. The first-order valence-corrected chi connectivity index (χ1v) is 11.3. The summed E-state index contributed by atoms with van der Waals surface area (Å²) in [6, 6.07) is 19.4. The molecule has 0 aromatic heterocycles. The minimum atomic E-state index is -0.244. The van der Waals surface area contributed by atoms with E-state index in [-0.39, 0.29) is 36.2 Å². The highest BCUT2D eigenvalue weighted by Crippen LogP contribution is 2.23. The third-order valence-electron chi connectivity index (χ3n) is 5.08. The summed E-state index contributed by atoms with van der Waals surface area (Å²) in [4.78, 5) is 22.2. The quantitative estimate of drug-likeness (QED) is 0.259. The number of aliphatic hydroxyl groups is 1. The molecule has 7 heteroatoms. The van der Waals surface area contributed by atoms with Crippen molar-refractivity contribution in [3.8, 4) is 0 Å². The summed E-state index contributed by atoms with van der Waals surface area (Å²) in [5.74, 6) is -0.300. The van der Waals surface area contributed by atoms with E-state index in [1.54, 1.807) is 23.9 Å². The van der Waals surface area contributed by atoms with Crippen molar-refractivity contribution in [1.29, 1.82) is 0 Å². The molecule has 0 amide bonds. The average Bonchev–Trinajstić information content (AvgIpc) is 3.63. The summed E-state index contributed by atoms with van der Waals surface area (Å²) in [5.41, 5.74) is 1.94. The Morgan fingerprint density at radius 3 is 1.88 bits per heavy atom. The number of likely N-dealkylation sites (N-methyl/N-ethyl adjacent to an activating group) is 2. The van der Waals surface area contributed by atoms with Gasteiger partial charge in [0.15, 0.2) is 5.78 Å². The number of aliphatic hydroxyl groups excluding tert-OH is 1. The fourth-order valence-electron chi connectivity index (χ4n) is 3.07. The number of carbonyl (C=O) groups excluding carboxylic acids is 1. The van der Waals surface area contributed by atoms with E-state index in [4.69, 9.17) is 24.4 Å². The molecule has 1 aliphatic carbocycles. The third kappa shape index (κ3) is 6.55. The van der Waals surface area contributed by atoms with E-state index in [0.717, 1.165) is 24.0 Å². The first-order chi connectivity index (χ1) is 15.4. The highest BCUT2D eigenvalue weighted by molar-refractivity contribution is 7.80. The van der Waals surface area contributed by atoms with E-state index in [0.29, 0.717) is 9.98 Å². The van der Waals surface area contributed by atoms with Crippen LogP contribution in [0.15, 0.2) is 77.0 Å². The molecule has 0 spiro atoms. The van der Waals surface area contributed by atoms with Crippen molar-refractivity contribution in [3.05, 3.63) is 83.1 Å². The molecule has 0 heterocycles. The summed E-state index contributed by atoms with van der Waals surface area (Å²) < 4.78 is 0. The number of rotatable bonds is 9. The maximum absolute atomic E-state index is 13.1. The Labute approximate surface area is 200 Å². The molecule has 3 rings (SSSR count). The zero-order valence-corrected chi connectivity index (χ0v) is 19.9. The molecule has 32 heavy (non-hydrogen) atoms. The number of nitrogens with zero attached hydrogens (tertiary/aromatic N) is 3. The lowest BCUT2D eigenvalue weighted by molar-refractivity contribution is -0.115. The van der Waals surface area contributed by atoms with Crippen LogP contribution in [0.3, 0.4) is 0 Å². The highest BCUT2D eigenvalue weighted by Gasteiger charge is 2.23. The summed E-state index contributed by atoms with van der Waals surface area (Å²) in [5, 5.41) is 10.9. The van der Waals surface area contributed by atoms with E-state index in [1.165, 1.54) is 6.21 Å². The molecule has 0 saturated heterocycles. The Kier molecular flexibility index (Phi) is 8.25. The molecule has 2 aromatic carbocycles. The van der Waals surface area contributed by atoms with Crippen LogP contribution in [-0.2, 0) is 4.79 Å². The molecule has 0 bridgehead atoms. The number of aliphatic imine (C=N–C) groups is 1. The van der Waals surface area contributed by atoms with E-state index < -0.39 is 0 Å². The molecule has 0 atom stereocenters. The van der Waals surface area contributed by atoms with Gasteiger partial charge in [0.1, 0.15) is 15.7 Å². The monoisotopic (exact) mass is 465 g/mol. The Hall–Kier alpha value is -2.90. The molecular formula is C25H27N3O2S2. The van der Waals surface area contributed by atoms with Gasteiger partial charge in [0.05, 0.1) is 24.7 Å². The van der Waals surface area contributed by atoms with Gasteiger partial charge in [-0.3, -0.25) is 9.79 Å². The van der Waals surface area contributed by atoms with E-state index in [2.05, 4.69) is 4.99 Å². The van der Waals surface area contributed by atoms with Crippen molar-refractivity contribution in [2.24, 2.45) is 4.99 Å². The number of benzene rings is 2. The molecule has 1 fully saturated rings. The number of hydrogen-bond acceptors (Lipinski definition) is 5. The van der Waals surface area contributed by atoms with Crippen LogP contribution in [-0.4, -0.2) is 70.1 Å². The van der Waals surface area contributed by atoms with Crippen LogP contribution in [0.5, 0.6) is 0 Å². The highest BCUT2D eigenvalue weighted by atomic mass is 32.1. The first kappa shape index (κ1) is 23.8. The second-order valence-corrected chi connectivity index (χ2v) is 8.62. The SMILES string of the molecule is CN(CC(=O)C(C=NC1CC1)=C(O)CN(C)C(=S)c1ccccc1)C(=S)c1ccccc1. The van der Waals surface area contributed by atoms with Gasteiger partial charge in [-0.05, 0) is 12.8 Å². The summed E-state index contributed by atoms with van der Waals surface area (Å²) >= 11 is 11.1. The zero-order valence-electron chi connectivity index (χ0n) is 18.3. The second kappa shape index (κ2) is 11.1. The number of Topliss-reactive ketones (excluding diaryl/α,β-unsaturated/α-hetero) is 1. The van der Waals surface area contributed by atoms with Crippen LogP contribution < -0.4 is 0 Å². The van der Waals surface area contributed by atoms with Crippen molar-refractivity contribution in [1.82, 2.24) is 9.80 Å². The van der Waals surface area contributed by atoms with Gasteiger partial charge in [-0.15, -0.1) is 0 Å². The number of ketones is 1. The lowest BCUT2D eigenvalue weighted by Gasteiger charge is -2.22. The van der Waals surface area contributed by atoms with Gasteiger partial charge in [-0.2, -0.15) is 0 Å². The Balaban J connectivity index is 1.75. The molecule has 2 aromatic rings. The lowest BCUT2D eigenvalue weighted by atomic mass is 10.1. The van der Waals surface area contributed by atoms with E-state index in [9.17, 15) is 9.90 Å². The average molecular weight is 466 g/mol. The van der Waals surface area contributed by atoms with Crippen LogP contribution in [0.1, 0.15) is 24.0 Å². The fraction of sp³-hybridized carbons (Fsp3) is 0.280. The lowest BCUT2D eigenvalue weighted by Crippen LogP contribution is -2.34. The zero-order chi connectivity index (χ0) is 23.1. The summed E-state index contributed by atoms with van der Waals surface area (Å²) in [7, 11) is 3.57. The van der Waals surface area contributed by atoms with Crippen LogP contribution >= 0.6 is 24.4 Å². The van der Waals surface area contributed by atoms with Crippen molar-refractivity contribution in [3.63, 3.8) is 0 Å². The van der Waals surface area contributed by atoms with Gasteiger partial charge in [0, 0.05) is 31.4 Å². The minimum Gasteiger partial charge on any atom is -0.510 e. The van der Waals surface area contributed by atoms with Crippen LogP contribution in [0.2, 0.25) is 0 Å². The largest absolute Gasteiger partial charge is 0.510 e. The number of carbonyl (C=O) groups is 1. The van der Waals surface area contributed by atoms with Crippen molar-refractivity contribution in [2.45, 2.75) is 18.9 Å². The molecular weight excluding hydrogens is 438 g/mol. The molecule has 0 radical (unpaired) electrons. The van der Waals surface area contributed by atoms with Crippen molar-refractivity contribution < 1.29 is 9.90 Å². The Morgan fingerprint density at radius 1 is 0.938 bits per heavy atom. The predicted octanol–water partition coefficient (Wildman–Crippen LogP) is 4.22. The van der Waals surface area contributed by atoms with Crippen LogP contribution in [0.25, 0.3) is 0 Å². The molecule has 1 saturated carbocycles. The molecule has 0 unspecified atom stereocenters. The smallest absolute Gasteiger partial charge is 0.187 e. The topological polar surface area (TPSA) is 56.1 Å². The minimum absolute atomic E-state index is 0.0383. The van der Waals surface area contributed by atoms with Crippen molar-refractivity contribution in [2.75, 3.05) is 27.2 Å². The van der Waals surface area contributed by atoms with E-state index >= 15 is 0 Å². The Morgan fingerprint density at radius 2 is 1.41 bits per heavy atom. The number of hydrogen-bond donors (Lipinski definition) is 1.